The first-order chi connectivity index (χ1) is 14.9. The van der Waals surface area contributed by atoms with Crippen LogP contribution in [0.4, 0.5) is 5.69 Å². The van der Waals surface area contributed by atoms with E-state index in [0.29, 0.717) is 33.4 Å². The molecule has 0 fully saturated rings. The van der Waals surface area contributed by atoms with Gasteiger partial charge in [0, 0.05) is 22.3 Å². The molecular weight excluding hydrogens is 410 g/mol. The van der Waals surface area contributed by atoms with Crippen molar-refractivity contribution in [3.05, 3.63) is 99.2 Å². The molecule has 0 aliphatic rings. The van der Waals surface area contributed by atoms with Crippen LogP contribution in [0.2, 0.25) is 5.02 Å². The molecule has 4 rings (SSSR count). The van der Waals surface area contributed by atoms with E-state index < -0.39 is 0 Å². The summed E-state index contributed by atoms with van der Waals surface area (Å²) in [5.74, 6) is 0.784. The number of fused-ring (bicyclic) bond motifs is 1. The fourth-order valence-corrected chi connectivity index (χ4v) is 3.53. The molecule has 0 aliphatic carbocycles. The molecule has 0 spiro atoms. The fraction of sp³-hybridized carbons (Fsp3) is 0.154. The predicted octanol–water partition coefficient (Wildman–Crippen LogP) is 6.42. The third-order valence-corrected chi connectivity index (χ3v) is 5.40. The lowest BCUT2D eigenvalue weighted by atomic mass is 10.0. The number of nitrogens with one attached hydrogen (secondary N) is 1. The topological polar surface area (TPSA) is 59.3 Å². The van der Waals surface area contributed by atoms with Crippen molar-refractivity contribution >= 4 is 34.2 Å². The smallest absolute Gasteiger partial charge is 0.228 e. The lowest BCUT2D eigenvalue weighted by molar-refractivity contribution is -0.115. The standard InChI is InChI=1S/C26H22ClNO3/c1-16(2)18-5-7-19(8-6-18)25-15-23(29)22-14-21(11-12-24(22)31-25)28-26(30)13-17-3-9-20(27)10-4-17/h3-12,14-16H,13H2,1-2H3,(H,28,30). The van der Waals surface area contributed by atoms with E-state index >= 15 is 0 Å². The molecule has 5 heteroatoms. The zero-order chi connectivity index (χ0) is 22.0. The lowest BCUT2D eigenvalue weighted by Crippen LogP contribution is -2.14. The largest absolute Gasteiger partial charge is 0.456 e. The van der Waals surface area contributed by atoms with Gasteiger partial charge in [-0.3, -0.25) is 9.59 Å². The Morgan fingerprint density at radius 3 is 2.35 bits per heavy atom. The van der Waals surface area contributed by atoms with Crippen LogP contribution in [0.1, 0.15) is 30.9 Å². The van der Waals surface area contributed by atoms with Gasteiger partial charge in [0.15, 0.2) is 5.43 Å². The lowest BCUT2D eigenvalue weighted by Gasteiger charge is -2.09. The zero-order valence-electron chi connectivity index (χ0n) is 17.3. The third kappa shape index (κ3) is 4.86. The van der Waals surface area contributed by atoms with Crippen molar-refractivity contribution in [1.29, 1.82) is 0 Å². The van der Waals surface area contributed by atoms with E-state index in [1.165, 1.54) is 11.6 Å². The van der Waals surface area contributed by atoms with Crippen LogP contribution in [0.15, 0.2) is 82.0 Å². The second kappa shape index (κ2) is 8.78. The average molecular weight is 432 g/mol. The minimum absolute atomic E-state index is 0.155. The first-order valence-electron chi connectivity index (χ1n) is 10.1. The van der Waals surface area contributed by atoms with Gasteiger partial charge in [0.2, 0.25) is 5.91 Å². The average Bonchev–Trinajstić information content (AvgIpc) is 2.75. The number of halogens is 1. The van der Waals surface area contributed by atoms with Gasteiger partial charge >= 0.3 is 0 Å². The highest BCUT2D eigenvalue weighted by Crippen LogP contribution is 2.26. The molecule has 0 unspecified atom stereocenters. The van der Waals surface area contributed by atoms with E-state index in [2.05, 4.69) is 19.2 Å². The van der Waals surface area contributed by atoms with Crippen molar-refractivity contribution in [2.24, 2.45) is 0 Å². The van der Waals surface area contributed by atoms with Gasteiger partial charge in [-0.05, 0) is 47.4 Å². The summed E-state index contributed by atoms with van der Waals surface area (Å²) in [4.78, 5) is 25.1. The molecule has 0 radical (unpaired) electrons. The quantitative estimate of drug-likeness (QED) is 0.396. The Kier molecular flexibility index (Phi) is 5.92. The maximum atomic E-state index is 12.7. The van der Waals surface area contributed by atoms with Crippen LogP contribution in [0.25, 0.3) is 22.3 Å². The number of carbonyl (C=O) groups is 1. The van der Waals surface area contributed by atoms with Crippen molar-refractivity contribution in [1.82, 2.24) is 0 Å². The molecule has 1 amide bonds. The third-order valence-electron chi connectivity index (χ3n) is 5.15. The number of benzene rings is 3. The fourth-order valence-electron chi connectivity index (χ4n) is 3.40. The molecule has 3 aromatic carbocycles. The summed E-state index contributed by atoms with van der Waals surface area (Å²) in [5.41, 5.74) is 3.81. The summed E-state index contributed by atoms with van der Waals surface area (Å²) >= 11 is 5.88. The molecule has 1 N–H and O–H groups in total. The van der Waals surface area contributed by atoms with Crippen LogP contribution in [0.3, 0.4) is 0 Å². The number of anilines is 1. The van der Waals surface area contributed by atoms with Crippen LogP contribution in [0, 0.1) is 0 Å². The van der Waals surface area contributed by atoms with Gasteiger partial charge < -0.3 is 9.73 Å². The van der Waals surface area contributed by atoms with Gasteiger partial charge in [-0.2, -0.15) is 0 Å². The van der Waals surface area contributed by atoms with Crippen LogP contribution in [-0.2, 0) is 11.2 Å². The van der Waals surface area contributed by atoms with Crippen molar-refractivity contribution in [2.75, 3.05) is 5.32 Å². The summed E-state index contributed by atoms with van der Waals surface area (Å²) < 4.78 is 5.97. The molecule has 156 valence electrons. The summed E-state index contributed by atoms with van der Waals surface area (Å²) in [5, 5.41) is 3.88. The van der Waals surface area contributed by atoms with Crippen molar-refractivity contribution < 1.29 is 9.21 Å². The molecule has 0 bridgehead atoms. The highest BCUT2D eigenvalue weighted by molar-refractivity contribution is 6.30. The van der Waals surface area contributed by atoms with Gasteiger partial charge in [-0.15, -0.1) is 0 Å². The van der Waals surface area contributed by atoms with E-state index in [1.807, 2.05) is 36.4 Å². The molecule has 0 atom stereocenters. The highest BCUT2D eigenvalue weighted by atomic mass is 35.5. The monoisotopic (exact) mass is 431 g/mol. The summed E-state index contributed by atoms with van der Waals surface area (Å²) in [7, 11) is 0. The first-order valence-corrected chi connectivity index (χ1v) is 10.5. The second-order valence-corrected chi connectivity index (χ2v) is 8.25. The number of carbonyl (C=O) groups excluding carboxylic acids is 1. The minimum Gasteiger partial charge on any atom is -0.456 e. The van der Waals surface area contributed by atoms with E-state index in [4.69, 9.17) is 16.0 Å². The van der Waals surface area contributed by atoms with Crippen LogP contribution < -0.4 is 10.7 Å². The summed E-state index contributed by atoms with van der Waals surface area (Å²) in [6, 6.07) is 21.7. The Labute approximate surface area is 185 Å². The Bertz CT molecular complexity index is 1290. The first kappa shape index (κ1) is 20.9. The Morgan fingerprint density at radius 2 is 1.68 bits per heavy atom. The number of rotatable bonds is 5. The Morgan fingerprint density at radius 1 is 0.968 bits per heavy atom. The van der Waals surface area contributed by atoms with E-state index in [9.17, 15) is 9.59 Å². The molecular formula is C26H22ClNO3. The number of hydrogen-bond acceptors (Lipinski definition) is 3. The van der Waals surface area contributed by atoms with E-state index in [1.54, 1.807) is 30.3 Å². The maximum Gasteiger partial charge on any atom is 0.228 e. The highest BCUT2D eigenvalue weighted by Gasteiger charge is 2.10. The summed E-state index contributed by atoms with van der Waals surface area (Å²) in [6.07, 6.45) is 0.217. The van der Waals surface area contributed by atoms with Gasteiger partial charge in [0.1, 0.15) is 11.3 Å². The molecule has 0 saturated carbocycles. The molecule has 4 nitrogen and oxygen atoms in total. The summed E-state index contributed by atoms with van der Waals surface area (Å²) in [6.45, 7) is 4.27. The van der Waals surface area contributed by atoms with Crippen molar-refractivity contribution in [2.45, 2.75) is 26.2 Å². The van der Waals surface area contributed by atoms with Gasteiger partial charge in [0.05, 0.1) is 11.8 Å². The van der Waals surface area contributed by atoms with Crippen LogP contribution in [-0.4, -0.2) is 5.91 Å². The predicted molar refractivity (Wildman–Crippen MR) is 126 cm³/mol. The maximum absolute atomic E-state index is 12.7. The van der Waals surface area contributed by atoms with Gasteiger partial charge in [-0.25, -0.2) is 0 Å². The normalized spacial score (nSPS) is 11.1. The number of amides is 1. The number of hydrogen-bond donors (Lipinski definition) is 1. The minimum atomic E-state index is -0.173. The Hall–Kier alpha value is -3.37. The molecule has 0 aliphatic heterocycles. The van der Waals surface area contributed by atoms with Gasteiger partial charge in [0.25, 0.3) is 0 Å². The molecule has 31 heavy (non-hydrogen) atoms. The van der Waals surface area contributed by atoms with Crippen LogP contribution in [0.5, 0.6) is 0 Å². The second-order valence-electron chi connectivity index (χ2n) is 7.81. The molecule has 0 saturated heterocycles. The van der Waals surface area contributed by atoms with Crippen LogP contribution >= 0.6 is 11.6 Å². The molecule has 1 heterocycles. The van der Waals surface area contributed by atoms with E-state index in [-0.39, 0.29) is 17.8 Å². The zero-order valence-corrected chi connectivity index (χ0v) is 18.1. The van der Waals surface area contributed by atoms with E-state index in [0.717, 1.165) is 11.1 Å². The van der Waals surface area contributed by atoms with Gasteiger partial charge in [-0.1, -0.05) is 61.8 Å². The SMILES string of the molecule is CC(C)c1ccc(-c2cc(=O)c3cc(NC(=O)Cc4ccc(Cl)cc4)ccc3o2)cc1. The van der Waals surface area contributed by atoms with Crippen molar-refractivity contribution in [3.63, 3.8) is 0 Å². The molecule has 4 aromatic rings. The molecule has 1 aromatic heterocycles. The Balaban J connectivity index is 1.56. The van der Waals surface area contributed by atoms with Crippen molar-refractivity contribution in [3.8, 4) is 11.3 Å².